The zero-order valence-electron chi connectivity index (χ0n) is 15.2. The van der Waals surface area contributed by atoms with Crippen LogP contribution in [0.2, 0.25) is 5.02 Å². The molecule has 3 rings (SSSR count). The minimum atomic E-state index is -0.134. The van der Waals surface area contributed by atoms with E-state index in [1.807, 2.05) is 53.4 Å². The molecule has 4 nitrogen and oxygen atoms in total. The number of ether oxygens (including phenoxy) is 2. The molecule has 1 aliphatic heterocycles. The zero-order valence-corrected chi connectivity index (χ0v) is 15.9. The van der Waals surface area contributed by atoms with Gasteiger partial charge in [0.05, 0.1) is 19.8 Å². The summed E-state index contributed by atoms with van der Waals surface area (Å²) in [6, 6.07) is 15.0. The molecule has 1 heterocycles. The Bertz CT molecular complexity index is 745. The Morgan fingerprint density at radius 2 is 2.04 bits per heavy atom. The molecule has 1 unspecified atom stereocenters. The fourth-order valence-electron chi connectivity index (χ4n) is 2.88. The van der Waals surface area contributed by atoms with Crippen LogP contribution in [-0.2, 0) is 4.74 Å². The summed E-state index contributed by atoms with van der Waals surface area (Å²) in [5, 5.41) is 0.690. The van der Waals surface area contributed by atoms with E-state index in [1.165, 1.54) is 0 Å². The molecular formula is C21H24ClNO3. The topological polar surface area (TPSA) is 38.8 Å². The Morgan fingerprint density at radius 1 is 1.27 bits per heavy atom. The van der Waals surface area contributed by atoms with Crippen molar-refractivity contribution in [3.63, 3.8) is 0 Å². The fraction of sp³-hybridized carbons (Fsp3) is 0.381. The van der Waals surface area contributed by atoms with Gasteiger partial charge in [0.15, 0.2) is 0 Å². The van der Waals surface area contributed by atoms with Crippen molar-refractivity contribution < 1.29 is 14.3 Å². The molecule has 0 spiro atoms. The lowest BCUT2D eigenvalue weighted by molar-refractivity contribution is -0.0228. The predicted octanol–water partition coefficient (Wildman–Crippen LogP) is 4.59. The Balaban J connectivity index is 1.69. The van der Waals surface area contributed by atoms with Gasteiger partial charge in [-0.1, -0.05) is 43.6 Å². The molecule has 0 aromatic heterocycles. The van der Waals surface area contributed by atoms with Gasteiger partial charge < -0.3 is 14.4 Å². The molecule has 2 aromatic carbocycles. The van der Waals surface area contributed by atoms with E-state index in [4.69, 9.17) is 21.1 Å². The molecule has 5 heteroatoms. The molecule has 1 fully saturated rings. The largest absolute Gasteiger partial charge is 0.493 e. The first kappa shape index (κ1) is 18.7. The van der Waals surface area contributed by atoms with Gasteiger partial charge in [-0.3, -0.25) is 4.79 Å². The second kappa shape index (κ2) is 8.56. The number of carbonyl (C=O) groups is 1. The number of nitrogens with zero attached hydrogens (tertiary/aromatic N) is 1. The average molecular weight is 374 g/mol. The molecule has 0 saturated carbocycles. The maximum Gasteiger partial charge on any atom is 0.254 e. The van der Waals surface area contributed by atoms with Gasteiger partial charge in [0, 0.05) is 17.1 Å². The van der Waals surface area contributed by atoms with E-state index in [2.05, 4.69) is 13.8 Å². The Hall–Kier alpha value is -2.04. The van der Waals surface area contributed by atoms with Crippen LogP contribution < -0.4 is 4.74 Å². The summed E-state index contributed by atoms with van der Waals surface area (Å²) in [6.07, 6.45) is -0.134. The third-order valence-corrected chi connectivity index (χ3v) is 4.51. The number of hydrogen-bond donors (Lipinski definition) is 0. The van der Waals surface area contributed by atoms with Gasteiger partial charge >= 0.3 is 0 Å². The first-order valence-corrected chi connectivity index (χ1v) is 9.30. The molecule has 26 heavy (non-hydrogen) atoms. The van der Waals surface area contributed by atoms with Gasteiger partial charge in [0.1, 0.15) is 11.9 Å². The van der Waals surface area contributed by atoms with Crippen molar-refractivity contribution in [2.45, 2.75) is 20.0 Å². The molecule has 0 bridgehead atoms. The highest BCUT2D eigenvalue weighted by Crippen LogP contribution is 2.25. The van der Waals surface area contributed by atoms with E-state index < -0.39 is 0 Å². The number of amides is 1. The third kappa shape index (κ3) is 4.77. The van der Waals surface area contributed by atoms with E-state index in [9.17, 15) is 4.79 Å². The predicted molar refractivity (Wildman–Crippen MR) is 103 cm³/mol. The summed E-state index contributed by atoms with van der Waals surface area (Å²) < 4.78 is 11.6. The van der Waals surface area contributed by atoms with Gasteiger partial charge in [-0.15, -0.1) is 0 Å². The maximum absolute atomic E-state index is 12.9. The summed E-state index contributed by atoms with van der Waals surface area (Å²) in [5.41, 5.74) is 1.67. The van der Waals surface area contributed by atoms with Gasteiger partial charge in [-0.2, -0.15) is 0 Å². The highest BCUT2D eigenvalue weighted by atomic mass is 35.5. The normalized spacial score (nSPS) is 17.4. The van der Waals surface area contributed by atoms with Crippen LogP contribution in [0.1, 0.15) is 35.9 Å². The summed E-state index contributed by atoms with van der Waals surface area (Å²) >= 11 is 5.95. The van der Waals surface area contributed by atoms with Crippen molar-refractivity contribution in [3.8, 4) is 5.75 Å². The van der Waals surface area contributed by atoms with Gasteiger partial charge in [0.2, 0.25) is 0 Å². The Kier molecular flexibility index (Phi) is 6.17. The fourth-order valence-corrected chi connectivity index (χ4v) is 3.00. The second-order valence-electron chi connectivity index (χ2n) is 6.89. The van der Waals surface area contributed by atoms with Crippen LogP contribution in [0, 0.1) is 5.92 Å². The van der Waals surface area contributed by atoms with E-state index in [1.54, 1.807) is 0 Å². The van der Waals surface area contributed by atoms with Crippen LogP contribution in [0.25, 0.3) is 0 Å². The lowest BCUT2D eigenvalue weighted by Crippen LogP contribution is -2.42. The summed E-state index contributed by atoms with van der Waals surface area (Å²) in [7, 11) is 0. The van der Waals surface area contributed by atoms with Crippen LogP contribution in [0.5, 0.6) is 5.75 Å². The highest BCUT2D eigenvalue weighted by molar-refractivity contribution is 6.30. The summed E-state index contributed by atoms with van der Waals surface area (Å²) in [5.74, 6) is 1.17. The number of carbonyl (C=O) groups excluding carboxylic acids is 1. The van der Waals surface area contributed by atoms with Crippen molar-refractivity contribution in [2.75, 3.05) is 26.3 Å². The van der Waals surface area contributed by atoms with Crippen LogP contribution in [0.4, 0.5) is 0 Å². The smallest absolute Gasteiger partial charge is 0.254 e. The van der Waals surface area contributed by atoms with E-state index in [-0.39, 0.29) is 12.0 Å². The quantitative estimate of drug-likeness (QED) is 0.769. The number of rotatable bonds is 5. The van der Waals surface area contributed by atoms with Gasteiger partial charge in [-0.25, -0.2) is 0 Å². The molecule has 2 aromatic rings. The van der Waals surface area contributed by atoms with E-state index in [0.717, 1.165) is 11.3 Å². The van der Waals surface area contributed by atoms with Crippen molar-refractivity contribution in [3.05, 3.63) is 64.7 Å². The molecule has 1 atom stereocenters. The highest BCUT2D eigenvalue weighted by Gasteiger charge is 2.26. The van der Waals surface area contributed by atoms with Crippen LogP contribution in [-0.4, -0.2) is 37.1 Å². The van der Waals surface area contributed by atoms with Gasteiger partial charge in [-0.05, 0) is 41.8 Å². The average Bonchev–Trinajstić information content (AvgIpc) is 2.67. The summed E-state index contributed by atoms with van der Waals surface area (Å²) in [6.45, 7) is 6.45. The molecular weight excluding hydrogens is 350 g/mol. The SMILES string of the molecule is CC(C)COc1cccc(C(=O)N2CCOC(c3ccc(Cl)cc3)C2)c1. The molecule has 1 amide bonds. The number of benzene rings is 2. The first-order chi connectivity index (χ1) is 12.5. The maximum atomic E-state index is 12.9. The molecule has 0 radical (unpaired) electrons. The molecule has 0 N–H and O–H groups in total. The van der Waals surface area contributed by atoms with Crippen LogP contribution in [0.15, 0.2) is 48.5 Å². The molecule has 1 saturated heterocycles. The number of halogens is 1. The first-order valence-electron chi connectivity index (χ1n) is 8.92. The Morgan fingerprint density at radius 3 is 2.77 bits per heavy atom. The molecule has 0 aliphatic carbocycles. The molecule has 138 valence electrons. The van der Waals surface area contributed by atoms with Crippen molar-refractivity contribution in [1.82, 2.24) is 4.90 Å². The lowest BCUT2D eigenvalue weighted by atomic mass is 10.1. The standard InChI is InChI=1S/C21H24ClNO3/c1-15(2)14-26-19-5-3-4-17(12-19)21(24)23-10-11-25-20(13-23)16-6-8-18(22)9-7-16/h3-9,12,15,20H,10-11,13-14H2,1-2H3. The molecule has 1 aliphatic rings. The monoisotopic (exact) mass is 373 g/mol. The lowest BCUT2D eigenvalue weighted by Gasteiger charge is -2.33. The van der Waals surface area contributed by atoms with E-state index in [0.29, 0.717) is 42.8 Å². The van der Waals surface area contributed by atoms with E-state index >= 15 is 0 Å². The minimum absolute atomic E-state index is 0.00209. The summed E-state index contributed by atoms with van der Waals surface area (Å²) in [4.78, 5) is 14.8. The van der Waals surface area contributed by atoms with Crippen molar-refractivity contribution in [1.29, 1.82) is 0 Å². The second-order valence-corrected chi connectivity index (χ2v) is 7.33. The van der Waals surface area contributed by atoms with Crippen molar-refractivity contribution in [2.24, 2.45) is 5.92 Å². The third-order valence-electron chi connectivity index (χ3n) is 4.26. The zero-order chi connectivity index (χ0) is 18.5. The number of hydrogen-bond acceptors (Lipinski definition) is 3. The Labute approximate surface area is 159 Å². The van der Waals surface area contributed by atoms with Crippen LogP contribution in [0.3, 0.4) is 0 Å². The van der Waals surface area contributed by atoms with Gasteiger partial charge in [0.25, 0.3) is 5.91 Å². The minimum Gasteiger partial charge on any atom is -0.493 e. The van der Waals surface area contributed by atoms with Crippen molar-refractivity contribution >= 4 is 17.5 Å². The number of morpholine rings is 1. The van der Waals surface area contributed by atoms with Crippen LogP contribution >= 0.6 is 11.6 Å².